The van der Waals surface area contributed by atoms with Gasteiger partial charge in [-0.2, -0.15) is 0 Å². The zero-order valence-corrected chi connectivity index (χ0v) is 18.8. The molecule has 1 heterocycles. The summed E-state index contributed by atoms with van der Waals surface area (Å²) in [5.74, 6) is 0.124. The lowest BCUT2D eigenvalue weighted by atomic mass is 10.2. The Bertz CT molecular complexity index is 1250. The Hall–Kier alpha value is -3.78. The fourth-order valence-corrected chi connectivity index (χ4v) is 4.83. The number of rotatable bonds is 9. The summed E-state index contributed by atoms with van der Waals surface area (Å²) in [7, 11) is -3.26. The van der Waals surface area contributed by atoms with Crippen LogP contribution in [0.5, 0.6) is 0 Å². The van der Waals surface area contributed by atoms with E-state index in [0.29, 0.717) is 12.2 Å². The topological polar surface area (TPSA) is 94.0 Å². The third-order valence-electron chi connectivity index (χ3n) is 4.99. The molecule has 0 aliphatic carbocycles. The van der Waals surface area contributed by atoms with Crippen LogP contribution in [0, 0.1) is 0 Å². The number of carbonyl (C=O) groups excluding carboxylic acids is 1. The monoisotopic (exact) mass is 460 g/mol. The van der Waals surface area contributed by atoms with E-state index in [1.54, 1.807) is 16.8 Å². The molecular formula is C25H24N4O3S. The Labute approximate surface area is 193 Å². The van der Waals surface area contributed by atoms with Crippen LogP contribution >= 0.6 is 0 Å². The van der Waals surface area contributed by atoms with Crippen molar-refractivity contribution < 1.29 is 13.2 Å². The summed E-state index contributed by atoms with van der Waals surface area (Å²) in [4.78, 5) is 17.2. The van der Waals surface area contributed by atoms with Crippen LogP contribution in [0.4, 0.5) is 0 Å². The molecule has 0 saturated heterocycles. The van der Waals surface area contributed by atoms with E-state index >= 15 is 0 Å². The van der Waals surface area contributed by atoms with Crippen molar-refractivity contribution in [2.24, 2.45) is 0 Å². The molecule has 3 aromatic carbocycles. The highest BCUT2D eigenvalue weighted by Gasteiger charge is 2.19. The van der Waals surface area contributed by atoms with Crippen LogP contribution in [-0.4, -0.2) is 41.4 Å². The van der Waals surface area contributed by atoms with Crippen LogP contribution in [0.3, 0.4) is 0 Å². The molecule has 4 aromatic rings. The maximum atomic E-state index is 12.7. The molecule has 1 amide bonds. The van der Waals surface area contributed by atoms with Gasteiger partial charge in [0.2, 0.25) is 5.82 Å². The van der Waals surface area contributed by atoms with Gasteiger partial charge in [0.25, 0.3) is 5.91 Å². The van der Waals surface area contributed by atoms with E-state index < -0.39 is 15.7 Å². The van der Waals surface area contributed by atoms with E-state index in [9.17, 15) is 13.2 Å². The summed E-state index contributed by atoms with van der Waals surface area (Å²) in [6.45, 7) is 0.216. The number of aromatic nitrogens is 3. The zero-order chi connectivity index (χ0) is 23.1. The van der Waals surface area contributed by atoms with Crippen LogP contribution in [0.15, 0.2) is 91.0 Å². The molecule has 8 heteroatoms. The van der Waals surface area contributed by atoms with Gasteiger partial charge in [-0.25, -0.2) is 18.1 Å². The molecule has 0 bridgehead atoms. The van der Waals surface area contributed by atoms with Gasteiger partial charge in [-0.3, -0.25) is 4.79 Å². The smallest absolute Gasteiger partial charge is 0.290 e. The van der Waals surface area contributed by atoms with Gasteiger partial charge in [0.15, 0.2) is 15.7 Å². The maximum Gasteiger partial charge on any atom is 0.290 e. The lowest BCUT2D eigenvalue weighted by Gasteiger charge is -2.05. The van der Waals surface area contributed by atoms with Gasteiger partial charge in [0, 0.05) is 12.1 Å². The largest absolute Gasteiger partial charge is 0.349 e. The quantitative estimate of drug-likeness (QED) is 0.385. The summed E-state index contributed by atoms with van der Waals surface area (Å²) >= 11 is 0. The Morgan fingerprint density at radius 3 is 2.12 bits per heavy atom. The highest BCUT2D eigenvalue weighted by Crippen LogP contribution is 2.21. The first kappa shape index (κ1) is 22.4. The second kappa shape index (κ2) is 10.2. The van der Waals surface area contributed by atoms with Gasteiger partial charge >= 0.3 is 0 Å². The lowest BCUT2D eigenvalue weighted by molar-refractivity contribution is 0.0943. The Morgan fingerprint density at radius 1 is 0.848 bits per heavy atom. The average molecular weight is 461 g/mol. The van der Waals surface area contributed by atoms with E-state index in [1.165, 1.54) is 0 Å². The number of amides is 1. The van der Waals surface area contributed by atoms with Crippen molar-refractivity contribution in [1.82, 2.24) is 20.1 Å². The zero-order valence-electron chi connectivity index (χ0n) is 18.0. The van der Waals surface area contributed by atoms with Crippen molar-refractivity contribution in [1.29, 1.82) is 0 Å². The van der Waals surface area contributed by atoms with Gasteiger partial charge < -0.3 is 5.32 Å². The van der Waals surface area contributed by atoms with Crippen molar-refractivity contribution in [2.75, 3.05) is 12.3 Å². The highest BCUT2D eigenvalue weighted by atomic mass is 32.2. The summed E-state index contributed by atoms with van der Waals surface area (Å²) in [5.41, 5.74) is 2.38. The standard InChI is InChI=1S/C25H24N4O3S/c30-25(26-17-10-18-33(31,32)19-20-11-4-1-5-12-20)23-27-24(21-13-6-2-7-14-21)29(28-23)22-15-8-3-9-16-22/h1-9,11-16H,10,17-19H2,(H,26,30). The molecule has 7 nitrogen and oxygen atoms in total. The first-order valence-electron chi connectivity index (χ1n) is 10.6. The van der Waals surface area contributed by atoms with Crippen molar-refractivity contribution in [2.45, 2.75) is 12.2 Å². The van der Waals surface area contributed by atoms with Crippen LogP contribution in [0.25, 0.3) is 17.1 Å². The van der Waals surface area contributed by atoms with Gasteiger partial charge in [0.1, 0.15) is 0 Å². The number of nitrogens with zero attached hydrogens (tertiary/aromatic N) is 3. The van der Waals surface area contributed by atoms with Crippen molar-refractivity contribution in [3.05, 3.63) is 102 Å². The molecule has 0 fully saturated rings. The van der Waals surface area contributed by atoms with Gasteiger partial charge in [-0.1, -0.05) is 78.9 Å². The molecule has 33 heavy (non-hydrogen) atoms. The minimum absolute atomic E-state index is 0.00867. The molecule has 0 atom stereocenters. The average Bonchev–Trinajstić information content (AvgIpc) is 3.29. The molecule has 0 saturated carbocycles. The van der Waals surface area contributed by atoms with Gasteiger partial charge in [0.05, 0.1) is 17.2 Å². The molecule has 1 N–H and O–H groups in total. The third kappa shape index (κ3) is 5.93. The lowest BCUT2D eigenvalue weighted by Crippen LogP contribution is -2.27. The van der Waals surface area contributed by atoms with Crippen molar-refractivity contribution in [3.8, 4) is 17.1 Å². The molecule has 0 aliphatic rings. The fraction of sp³-hybridized carbons (Fsp3) is 0.160. The highest BCUT2D eigenvalue weighted by molar-refractivity contribution is 7.90. The maximum absolute atomic E-state index is 12.7. The van der Waals surface area contributed by atoms with Crippen molar-refractivity contribution >= 4 is 15.7 Å². The van der Waals surface area contributed by atoms with E-state index in [-0.39, 0.29) is 23.9 Å². The van der Waals surface area contributed by atoms with Crippen LogP contribution in [0.1, 0.15) is 22.6 Å². The minimum atomic E-state index is -3.26. The number of hydrogen-bond acceptors (Lipinski definition) is 5. The number of para-hydroxylation sites is 1. The summed E-state index contributed by atoms with van der Waals surface area (Å²) in [5, 5.41) is 7.15. The van der Waals surface area contributed by atoms with Crippen LogP contribution < -0.4 is 5.32 Å². The number of hydrogen-bond donors (Lipinski definition) is 1. The van der Waals surface area contributed by atoms with Crippen LogP contribution in [-0.2, 0) is 15.6 Å². The van der Waals surface area contributed by atoms with E-state index in [0.717, 1.165) is 16.8 Å². The van der Waals surface area contributed by atoms with E-state index in [2.05, 4.69) is 15.4 Å². The fourth-order valence-electron chi connectivity index (χ4n) is 3.40. The molecule has 0 radical (unpaired) electrons. The molecule has 0 spiro atoms. The number of nitrogens with one attached hydrogen (secondary N) is 1. The van der Waals surface area contributed by atoms with E-state index in [1.807, 2.05) is 78.9 Å². The molecule has 0 aliphatic heterocycles. The van der Waals surface area contributed by atoms with Gasteiger partial charge in [-0.05, 0) is 24.1 Å². The number of benzene rings is 3. The molecule has 0 unspecified atom stereocenters. The molecule has 168 valence electrons. The first-order chi connectivity index (χ1) is 16.0. The second-order valence-corrected chi connectivity index (χ2v) is 9.74. The predicted molar refractivity (Wildman–Crippen MR) is 128 cm³/mol. The molecule has 4 rings (SSSR count). The normalized spacial score (nSPS) is 11.3. The van der Waals surface area contributed by atoms with Gasteiger partial charge in [-0.15, -0.1) is 5.10 Å². The minimum Gasteiger partial charge on any atom is -0.349 e. The molecular weight excluding hydrogens is 436 g/mol. The van der Waals surface area contributed by atoms with Crippen LogP contribution in [0.2, 0.25) is 0 Å². The summed E-state index contributed by atoms with van der Waals surface area (Å²) < 4.78 is 26.3. The molecule has 1 aromatic heterocycles. The van der Waals surface area contributed by atoms with E-state index in [4.69, 9.17) is 0 Å². The second-order valence-electron chi connectivity index (χ2n) is 7.56. The Morgan fingerprint density at radius 2 is 1.45 bits per heavy atom. The van der Waals surface area contributed by atoms with Crippen molar-refractivity contribution in [3.63, 3.8) is 0 Å². The first-order valence-corrected chi connectivity index (χ1v) is 12.4. The summed E-state index contributed by atoms with van der Waals surface area (Å²) in [6.07, 6.45) is 0.311. The Kier molecular flexibility index (Phi) is 6.95. The number of carbonyl (C=O) groups is 1. The SMILES string of the molecule is O=C(NCCCS(=O)(=O)Cc1ccccc1)c1nc(-c2ccccc2)n(-c2ccccc2)n1. The predicted octanol–water partition coefficient (Wildman–Crippen LogP) is 3.67. The summed E-state index contributed by atoms with van der Waals surface area (Å²) in [6, 6.07) is 28.0. The number of sulfone groups is 1. The Balaban J connectivity index is 1.42. The third-order valence-corrected chi connectivity index (χ3v) is 6.67.